The molecule has 0 spiro atoms. The molecule has 0 atom stereocenters. The molecule has 0 radical (unpaired) electrons. The summed E-state index contributed by atoms with van der Waals surface area (Å²) in [6.07, 6.45) is 0. The number of nitrogens with zero attached hydrogens (tertiary/aromatic N) is 3. The van der Waals surface area contributed by atoms with E-state index in [4.69, 9.17) is 0 Å². The molecule has 1 aliphatic carbocycles. The highest BCUT2D eigenvalue weighted by molar-refractivity contribution is 6.22. The zero-order chi connectivity index (χ0) is 54.0. The zero-order valence-corrected chi connectivity index (χ0v) is 46.2. The first-order valence-electron chi connectivity index (χ1n) is 27.8. The number of benzene rings is 11. The van der Waals surface area contributed by atoms with Gasteiger partial charge in [-0.05, 0) is 150 Å². The summed E-state index contributed by atoms with van der Waals surface area (Å²) >= 11 is 0. The monoisotopic (exact) mass is 1020 g/mol. The Morgan fingerprint density at radius 1 is 0.354 bits per heavy atom. The molecule has 3 nitrogen and oxygen atoms in total. The van der Waals surface area contributed by atoms with Gasteiger partial charge in [-0.2, -0.15) is 0 Å². The third-order valence-electron chi connectivity index (χ3n) is 16.6. The highest BCUT2D eigenvalue weighted by Gasteiger charge is 2.48. The van der Waals surface area contributed by atoms with Crippen LogP contribution in [-0.2, 0) is 23.3 Å². The van der Waals surface area contributed by atoms with Gasteiger partial charge in [-0.3, -0.25) is 0 Å². The van der Waals surface area contributed by atoms with Crippen molar-refractivity contribution in [1.29, 1.82) is 0 Å². The van der Waals surface area contributed by atoms with E-state index >= 15 is 0 Å². The topological polar surface area (TPSA) is 11.4 Å². The van der Waals surface area contributed by atoms with Gasteiger partial charge in [-0.1, -0.05) is 236 Å². The van der Waals surface area contributed by atoms with Crippen LogP contribution in [0.5, 0.6) is 0 Å². The lowest BCUT2D eigenvalue weighted by Gasteiger charge is -2.36. The van der Waals surface area contributed by atoms with E-state index < -0.39 is 5.41 Å². The van der Waals surface area contributed by atoms with Gasteiger partial charge in [0.1, 0.15) is 0 Å². The van der Waals surface area contributed by atoms with Crippen molar-refractivity contribution in [2.75, 3.05) is 9.80 Å². The van der Waals surface area contributed by atoms with Gasteiger partial charge in [0.2, 0.25) is 0 Å². The van der Waals surface area contributed by atoms with Crippen molar-refractivity contribution in [2.45, 2.75) is 57.8 Å². The van der Waals surface area contributed by atoms with Gasteiger partial charge in [-0.15, -0.1) is 0 Å². The Bertz CT molecular complexity index is 4110. The summed E-state index contributed by atoms with van der Waals surface area (Å²) in [6.45, 7) is 13.7. The quantitative estimate of drug-likeness (QED) is 0.135. The summed E-state index contributed by atoms with van der Waals surface area (Å²) in [5.41, 5.74) is 23.0. The minimum atomic E-state index is -0.749. The van der Waals surface area contributed by atoms with E-state index in [0.29, 0.717) is 0 Å². The number of aryl methyl sites for hydroxylation is 1. The van der Waals surface area contributed by atoms with E-state index in [2.05, 4.69) is 330 Å². The van der Waals surface area contributed by atoms with Gasteiger partial charge >= 0.3 is 0 Å². The highest BCUT2D eigenvalue weighted by atomic mass is 15.2. The molecule has 0 saturated heterocycles. The van der Waals surface area contributed by atoms with E-state index in [1.165, 1.54) is 88.6 Å². The fourth-order valence-electron chi connectivity index (χ4n) is 12.6. The third-order valence-corrected chi connectivity index (χ3v) is 16.6. The van der Waals surface area contributed by atoms with Gasteiger partial charge in [-0.25, -0.2) is 0 Å². The van der Waals surface area contributed by atoms with Crippen LogP contribution in [0.4, 0.5) is 34.1 Å². The fraction of sp³-hybridized carbons (Fsp3) is 0.132. The van der Waals surface area contributed by atoms with Gasteiger partial charge in [0.25, 0.3) is 0 Å². The standard InChI is InChI=1S/C76H65N3/c1-74(2,3)56-36-44-61(45-37-56)78(60-40-32-54(33-41-60)52-22-12-8-13-23-52)64-48-49-65-67(50-64)76(58-26-16-10-17-27-58,59-28-18-11-19-29-59)68-51-70(73-72(71(65)68)66-30-20-21-31-69(66)77(73)7)79(63-46-38-57(39-47-63)75(4,5)6)62-42-34-55(35-43-62)53-24-14-9-15-25-53/h8-51H,1-7H3. The van der Waals surface area contributed by atoms with Crippen molar-refractivity contribution in [3.63, 3.8) is 0 Å². The second-order valence-electron chi connectivity index (χ2n) is 23.4. The van der Waals surface area contributed by atoms with E-state index in [9.17, 15) is 0 Å². The Labute approximate surface area is 466 Å². The molecule has 1 aliphatic rings. The van der Waals surface area contributed by atoms with Gasteiger partial charge in [0, 0.05) is 51.8 Å². The minimum Gasteiger partial charge on any atom is -0.342 e. The first-order chi connectivity index (χ1) is 38.4. The molecule has 12 aromatic rings. The Balaban J connectivity index is 1.12. The van der Waals surface area contributed by atoms with Crippen LogP contribution >= 0.6 is 0 Å². The molecular formula is C76H65N3. The molecular weight excluding hydrogens is 955 g/mol. The maximum atomic E-state index is 2.56. The summed E-state index contributed by atoms with van der Waals surface area (Å²) < 4.78 is 2.44. The van der Waals surface area contributed by atoms with E-state index in [-0.39, 0.29) is 10.8 Å². The van der Waals surface area contributed by atoms with Gasteiger partial charge < -0.3 is 14.4 Å². The highest BCUT2D eigenvalue weighted by Crippen LogP contribution is 2.62. The fourth-order valence-corrected chi connectivity index (χ4v) is 12.6. The van der Waals surface area contributed by atoms with E-state index in [1.807, 2.05) is 0 Å². The molecule has 0 bridgehead atoms. The first-order valence-corrected chi connectivity index (χ1v) is 27.8. The largest absolute Gasteiger partial charge is 0.342 e. The van der Waals surface area contributed by atoms with Gasteiger partial charge in [0.15, 0.2) is 0 Å². The molecule has 3 heteroatoms. The van der Waals surface area contributed by atoms with Crippen LogP contribution in [0.2, 0.25) is 0 Å². The second-order valence-corrected chi connectivity index (χ2v) is 23.4. The summed E-state index contributed by atoms with van der Waals surface area (Å²) in [4.78, 5) is 4.96. The minimum absolute atomic E-state index is 0.00782. The Morgan fingerprint density at radius 2 is 0.747 bits per heavy atom. The number of hydrogen-bond acceptors (Lipinski definition) is 2. The SMILES string of the molecule is Cn1c2ccccc2c2c3c(cc(N(c4ccc(-c5ccccc5)cc4)c4ccc(C(C)(C)C)cc4)c21)C(c1ccccc1)(c1ccccc1)c1cc(N(c2ccc(-c4ccccc4)cc2)c2ccc(C(C)(C)C)cc2)ccc1-3. The second kappa shape index (κ2) is 19.4. The van der Waals surface area contributed by atoms with Crippen molar-refractivity contribution < 1.29 is 0 Å². The predicted molar refractivity (Wildman–Crippen MR) is 335 cm³/mol. The molecule has 0 saturated carbocycles. The Morgan fingerprint density at radius 3 is 1.22 bits per heavy atom. The number of para-hydroxylation sites is 1. The lowest BCUT2D eigenvalue weighted by molar-refractivity contribution is 0.590. The normalized spacial score (nSPS) is 12.8. The van der Waals surface area contributed by atoms with Gasteiger partial charge in [0.05, 0.1) is 16.6 Å². The molecule has 13 rings (SSSR count). The number of fused-ring (bicyclic) bond motifs is 7. The molecule has 0 aliphatic heterocycles. The number of hydrogen-bond donors (Lipinski definition) is 0. The summed E-state index contributed by atoms with van der Waals surface area (Å²) in [6, 6.07) is 99.6. The van der Waals surface area contributed by atoms with Crippen LogP contribution in [0.3, 0.4) is 0 Å². The number of rotatable bonds is 10. The van der Waals surface area contributed by atoms with Crippen LogP contribution in [0.25, 0.3) is 55.2 Å². The van der Waals surface area contributed by atoms with Crippen LogP contribution in [0, 0.1) is 0 Å². The summed E-state index contributed by atoms with van der Waals surface area (Å²) in [5, 5.41) is 2.48. The Hall–Kier alpha value is -9.18. The Kier molecular flexibility index (Phi) is 12.1. The molecule has 79 heavy (non-hydrogen) atoms. The molecule has 384 valence electrons. The predicted octanol–water partition coefficient (Wildman–Crippen LogP) is 20.6. The molecule has 0 N–H and O–H groups in total. The molecule has 0 amide bonds. The van der Waals surface area contributed by atoms with Crippen molar-refractivity contribution in [3.8, 4) is 33.4 Å². The lowest BCUT2D eigenvalue weighted by atomic mass is 9.67. The third kappa shape index (κ3) is 8.44. The molecule has 0 unspecified atom stereocenters. The van der Waals surface area contributed by atoms with Crippen molar-refractivity contribution in [2.24, 2.45) is 7.05 Å². The summed E-state index contributed by atoms with van der Waals surface area (Å²) in [7, 11) is 2.26. The molecule has 0 fully saturated rings. The number of aromatic nitrogens is 1. The maximum absolute atomic E-state index is 2.56. The average Bonchev–Trinajstić information content (AvgIpc) is 2.88. The smallest absolute Gasteiger partial charge is 0.0740 e. The average molecular weight is 1020 g/mol. The van der Waals surface area contributed by atoms with Crippen molar-refractivity contribution >= 4 is 55.9 Å². The van der Waals surface area contributed by atoms with E-state index in [0.717, 1.165) is 34.1 Å². The van der Waals surface area contributed by atoms with Crippen molar-refractivity contribution in [1.82, 2.24) is 4.57 Å². The van der Waals surface area contributed by atoms with Crippen molar-refractivity contribution in [3.05, 3.63) is 300 Å². The van der Waals surface area contributed by atoms with Crippen LogP contribution < -0.4 is 9.80 Å². The van der Waals surface area contributed by atoms with E-state index in [1.54, 1.807) is 0 Å². The molecule has 1 aromatic heterocycles. The number of anilines is 6. The van der Waals surface area contributed by atoms with Crippen LogP contribution in [0.1, 0.15) is 74.9 Å². The maximum Gasteiger partial charge on any atom is 0.0740 e. The summed E-state index contributed by atoms with van der Waals surface area (Å²) in [5.74, 6) is 0. The lowest BCUT2D eigenvalue weighted by Crippen LogP contribution is -2.29. The zero-order valence-electron chi connectivity index (χ0n) is 46.2. The van der Waals surface area contributed by atoms with Crippen LogP contribution in [0.15, 0.2) is 267 Å². The van der Waals surface area contributed by atoms with Crippen LogP contribution in [-0.4, -0.2) is 4.57 Å². The molecule has 1 heterocycles. The molecule has 11 aromatic carbocycles. The first kappa shape index (κ1) is 49.4.